The standard InChI is InChI=1S/C76H65N3S4/c1-3-5-7-10-16-62-52-68(80-74(62)71-38-36-69(81-71)70-37-39-72(82-70)75-63(17-11-8-6-4-2)53-73(83-75)61-14-12-9-13-15-61)35-20-54-18-27-64(28-19-54)76(65-29-21-55(22-30-65)58-40-46-77-47-41-58,66-31-23-56(24-32-66)59-42-48-78-49-43-59)67-33-25-57(26-34-67)60-44-50-79-51-45-60/h9,12-15,18-19,21-34,36-53H,3-8,10-11,16-17H2,1-2H3. The van der Waals surface area contributed by atoms with E-state index in [9.17, 15) is 0 Å². The number of nitrogens with zero attached hydrogens (tertiary/aromatic N) is 3. The van der Waals surface area contributed by atoms with Crippen molar-refractivity contribution in [3.8, 4) is 84.9 Å². The van der Waals surface area contributed by atoms with E-state index in [1.165, 1.54) is 119 Å². The van der Waals surface area contributed by atoms with E-state index in [1.807, 2.05) is 82.5 Å². The van der Waals surface area contributed by atoms with Gasteiger partial charge in [0.15, 0.2) is 0 Å². The van der Waals surface area contributed by atoms with Crippen molar-refractivity contribution in [3.05, 3.63) is 281 Å². The lowest BCUT2D eigenvalue weighted by atomic mass is 9.64. The second-order valence-electron chi connectivity index (χ2n) is 21.3. The molecule has 0 unspecified atom stereocenters. The molecule has 0 aliphatic heterocycles. The zero-order valence-corrected chi connectivity index (χ0v) is 50.3. The third kappa shape index (κ3) is 12.5. The van der Waals surface area contributed by atoms with Crippen LogP contribution in [0.1, 0.15) is 109 Å². The Balaban J connectivity index is 0.882. The maximum Gasteiger partial charge on any atom is 0.0781 e. The highest BCUT2D eigenvalue weighted by Crippen LogP contribution is 2.49. The normalized spacial score (nSPS) is 11.4. The van der Waals surface area contributed by atoms with Crippen molar-refractivity contribution >= 4 is 45.3 Å². The molecule has 0 saturated heterocycles. The van der Waals surface area contributed by atoms with Crippen LogP contribution in [0.15, 0.2) is 237 Å². The largest absolute Gasteiger partial charge is 0.265 e. The monoisotopic (exact) mass is 1150 g/mol. The van der Waals surface area contributed by atoms with E-state index in [0.717, 1.165) is 62.2 Å². The van der Waals surface area contributed by atoms with Gasteiger partial charge in [-0.2, -0.15) is 0 Å². The number of rotatable bonds is 21. The summed E-state index contributed by atoms with van der Waals surface area (Å²) >= 11 is 7.67. The summed E-state index contributed by atoms with van der Waals surface area (Å²) in [5.74, 6) is 7.32. The maximum atomic E-state index is 4.30. The zero-order valence-electron chi connectivity index (χ0n) is 47.1. The lowest BCUT2D eigenvalue weighted by Crippen LogP contribution is -2.31. The van der Waals surface area contributed by atoms with E-state index in [1.54, 1.807) is 0 Å². The molecule has 83 heavy (non-hydrogen) atoms. The number of thiophene rings is 4. The third-order valence-corrected chi connectivity index (χ3v) is 20.9. The number of unbranched alkanes of at least 4 members (excludes halogenated alkanes) is 6. The average Bonchev–Trinajstić information content (AvgIpc) is 3.72. The number of aryl methyl sites for hydroxylation is 2. The van der Waals surface area contributed by atoms with Crippen LogP contribution >= 0.6 is 45.3 Å². The molecule has 7 heterocycles. The highest BCUT2D eigenvalue weighted by Gasteiger charge is 2.38. The fourth-order valence-corrected chi connectivity index (χ4v) is 16.1. The maximum absolute atomic E-state index is 4.30. The molecule has 0 saturated carbocycles. The van der Waals surface area contributed by atoms with Gasteiger partial charge in [-0.25, -0.2) is 0 Å². The summed E-state index contributed by atoms with van der Waals surface area (Å²) in [5.41, 5.74) is 16.0. The predicted molar refractivity (Wildman–Crippen MR) is 356 cm³/mol. The molecule has 7 heteroatoms. The van der Waals surface area contributed by atoms with Crippen molar-refractivity contribution < 1.29 is 0 Å². The van der Waals surface area contributed by atoms with Crippen molar-refractivity contribution in [2.75, 3.05) is 0 Å². The van der Waals surface area contributed by atoms with Crippen molar-refractivity contribution in [2.45, 2.75) is 83.5 Å². The third-order valence-electron chi connectivity index (χ3n) is 15.8. The Morgan fingerprint density at radius 2 is 0.723 bits per heavy atom. The number of aromatic nitrogens is 3. The number of benzene rings is 5. The lowest BCUT2D eigenvalue weighted by molar-refractivity contribution is 0.668. The van der Waals surface area contributed by atoms with Gasteiger partial charge < -0.3 is 0 Å². The van der Waals surface area contributed by atoms with Crippen LogP contribution in [0, 0.1) is 11.8 Å². The molecule has 0 bridgehead atoms. The molecule has 0 amide bonds. The molecule has 0 spiro atoms. The molecule has 5 aromatic carbocycles. The quantitative estimate of drug-likeness (QED) is 0.0409. The molecular weight excluding hydrogens is 1080 g/mol. The first-order valence-electron chi connectivity index (χ1n) is 29.2. The molecular formula is C76H65N3S4. The van der Waals surface area contributed by atoms with Crippen LogP contribution in [0.4, 0.5) is 0 Å². The molecule has 0 radical (unpaired) electrons. The number of hydrogen-bond donors (Lipinski definition) is 0. The van der Waals surface area contributed by atoms with Crippen LogP contribution in [-0.2, 0) is 18.3 Å². The second-order valence-corrected chi connectivity index (χ2v) is 25.5. The van der Waals surface area contributed by atoms with Gasteiger partial charge in [0.05, 0.1) is 10.3 Å². The Kier molecular flexibility index (Phi) is 17.7. The van der Waals surface area contributed by atoms with Gasteiger partial charge in [-0.05, 0) is 183 Å². The molecule has 12 aromatic rings. The van der Waals surface area contributed by atoms with E-state index in [-0.39, 0.29) is 0 Å². The smallest absolute Gasteiger partial charge is 0.0781 e. The van der Waals surface area contributed by atoms with Crippen LogP contribution in [0.25, 0.3) is 73.1 Å². The van der Waals surface area contributed by atoms with E-state index in [2.05, 4.69) is 241 Å². The zero-order chi connectivity index (χ0) is 56.2. The molecule has 7 aromatic heterocycles. The average molecular weight is 1150 g/mol. The van der Waals surface area contributed by atoms with Gasteiger partial charge in [-0.3, -0.25) is 15.0 Å². The summed E-state index contributed by atoms with van der Waals surface area (Å²) in [7, 11) is 0. The number of hydrogen-bond acceptors (Lipinski definition) is 7. The second kappa shape index (κ2) is 26.4. The Morgan fingerprint density at radius 1 is 0.325 bits per heavy atom. The van der Waals surface area contributed by atoms with E-state index in [0.29, 0.717) is 0 Å². The lowest BCUT2D eigenvalue weighted by Gasteiger charge is -2.37. The van der Waals surface area contributed by atoms with Crippen LogP contribution in [0.3, 0.4) is 0 Å². The molecule has 0 N–H and O–H groups in total. The van der Waals surface area contributed by atoms with Crippen LogP contribution in [0.2, 0.25) is 0 Å². The van der Waals surface area contributed by atoms with Gasteiger partial charge in [0.1, 0.15) is 0 Å². The molecule has 0 atom stereocenters. The van der Waals surface area contributed by atoms with Gasteiger partial charge in [0.2, 0.25) is 0 Å². The molecule has 0 aliphatic carbocycles. The summed E-state index contributed by atoms with van der Waals surface area (Å²) in [6.07, 6.45) is 23.3. The Labute approximate surface area is 506 Å². The minimum atomic E-state index is -0.692. The van der Waals surface area contributed by atoms with Crippen LogP contribution < -0.4 is 0 Å². The number of pyridine rings is 3. The van der Waals surface area contributed by atoms with Crippen molar-refractivity contribution in [3.63, 3.8) is 0 Å². The molecule has 12 rings (SSSR count). The van der Waals surface area contributed by atoms with E-state index >= 15 is 0 Å². The van der Waals surface area contributed by atoms with Crippen molar-refractivity contribution in [1.29, 1.82) is 0 Å². The minimum absolute atomic E-state index is 0.692. The first kappa shape index (κ1) is 55.4. The minimum Gasteiger partial charge on any atom is -0.265 e. The predicted octanol–water partition coefficient (Wildman–Crippen LogP) is 21.8. The van der Waals surface area contributed by atoms with Gasteiger partial charge >= 0.3 is 0 Å². The highest BCUT2D eigenvalue weighted by atomic mass is 32.1. The van der Waals surface area contributed by atoms with Gasteiger partial charge in [0.25, 0.3) is 0 Å². The fourth-order valence-electron chi connectivity index (χ4n) is 11.4. The first-order chi connectivity index (χ1) is 41.0. The van der Waals surface area contributed by atoms with Gasteiger partial charge in [-0.15, -0.1) is 45.3 Å². The molecule has 0 fully saturated rings. The summed E-state index contributed by atoms with van der Waals surface area (Å²) < 4.78 is 0. The molecule has 408 valence electrons. The SMILES string of the molecule is CCCCCCc1cc(C#Cc2ccc(C(c3ccc(-c4ccncc4)cc3)(c3ccc(-c4ccncc4)cc3)c3ccc(-c4ccncc4)cc3)cc2)sc1-c1ccc(-c2ccc(-c3sc(-c4ccccc4)cc3CCCCCC)s2)s1. The Bertz CT molecular complexity index is 3870. The molecule has 0 aliphatic rings. The van der Waals surface area contributed by atoms with E-state index < -0.39 is 5.41 Å². The van der Waals surface area contributed by atoms with Gasteiger partial charge in [-0.1, -0.05) is 179 Å². The van der Waals surface area contributed by atoms with Crippen LogP contribution in [0.5, 0.6) is 0 Å². The topological polar surface area (TPSA) is 38.7 Å². The first-order valence-corrected chi connectivity index (χ1v) is 32.5. The summed E-state index contributed by atoms with van der Waals surface area (Å²) in [6, 6.07) is 73.9. The highest BCUT2D eigenvalue weighted by molar-refractivity contribution is 7.29. The fraction of sp³-hybridized carbons (Fsp3) is 0.171. The summed E-state index contributed by atoms with van der Waals surface area (Å²) in [5, 5.41) is 0. The van der Waals surface area contributed by atoms with Crippen molar-refractivity contribution in [1.82, 2.24) is 15.0 Å². The Hall–Kier alpha value is -8.09. The summed E-state index contributed by atoms with van der Waals surface area (Å²) in [4.78, 5) is 23.5. The Morgan fingerprint density at radius 3 is 1.17 bits per heavy atom. The van der Waals surface area contributed by atoms with E-state index in [4.69, 9.17) is 0 Å². The molecule has 3 nitrogen and oxygen atoms in total. The van der Waals surface area contributed by atoms with Crippen molar-refractivity contribution in [2.24, 2.45) is 0 Å². The van der Waals surface area contributed by atoms with Gasteiger partial charge in [0, 0.05) is 76.9 Å². The summed E-state index contributed by atoms with van der Waals surface area (Å²) in [6.45, 7) is 4.58. The van der Waals surface area contributed by atoms with Crippen LogP contribution in [-0.4, -0.2) is 15.0 Å².